The van der Waals surface area contributed by atoms with Gasteiger partial charge in [0, 0.05) is 12.4 Å². The van der Waals surface area contributed by atoms with Gasteiger partial charge in [-0.15, -0.1) is 11.3 Å². The van der Waals surface area contributed by atoms with Gasteiger partial charge in [0.1, 0.15) is 5.52 Å². The van der Waals surface area contributed by atoms with Crippen LogP contribution in [0.3, 0.4) is 0 Å². The Hall–Kier alpha value is -2.23. The van der Waals surface area contributed by atoms with E-state index in [4.69, 9.17) is 0 Å². The fourth-order valence-corrected chi connectivity index (χ4v) is 2.62. The Morgan fingerprint density at radius 2 is 2.05 bits per heavy atom. The summed E-state index contributed by atoms with van der Waals surface area (Å²) in [6.07, 6.45) is -3.33. The minimum Gasteiger partial charge on any atom is -0.352 e. The van der Waals surface area contributed by atoms with Crippen molar-refractivity contribution in [2.45, 2.75) is 19.6 Å². The second kappa shape index (κ2) is 5.20. The van der Waals surface area contributed by atoms with Crippen molar-refractivity contribution in [2.75, 3.05) is 11.9 Å². The number of aromatic amines is 1. The van der Waals surface area contributed by atoms with Gasteiger partial charge in [0.25, 0.3) is 0 Å². The zero-order chi connectivity index (χ0) is 15.9. The Kier molecular flexibility index (Phi) is 3.47. The zero-order valence-electron chi connectivity index (χ0n) is 11.6. The van der Waals surface area contributed by atoms with Crippen LogP contribution in [0.2, 0.25) is 0 Å². The Bertz CT molecular complexity index is 809. The number of nitrogens with one attached hydrogen (secondary N) is 1. The quantitative estimate of drug-likeness (QED) is 0.800. The van der Waals surface area contributed by atoms with Crippen molar-refractivity contribution >= 4 is 28.3 Å². The molecule has 0 fully saturated rings. The summed E-state index contributed by atoms with van der Waals surface area (Å²) in [7, 11) is 1.65. The van der Waals surface area contributed by atoms with Gasteiger partial charge in [0.05, 0.1) is 23.6 Å². The molecule has 22 heavy (non-hydrogen) atoms. The topological polar surface area (TPSA) is 70.6 Å². The molecular formula is C12H11F3N6S. The van der Waals surface area contributed by atoms with Gasteiger partial charge < -0.3 is 9.88 Å². The minimum atomic E-state index is -4.63. The molecule has 0 aliphatic rings. The van der Waals surface area contributed by atoms with Crippen molar-refractivity contribution in [2.24, 2.45) is 0 Å². The number of hydrogen-bond acceptors (Lipinski definition) is 6. The Morgan fingerprint density at radius 3 is 2.68 bits per heavy atom. The normalized spacial score (nSPS) is 12.0. The van der Waals surface area contributed by atoms with Crippen LogP contribution in [0.25, 0.3) is 11.2 Å². The van der Waals surface area contributed by atoms with Crippen molar-refractivity contribution in [1.29, 1.82) is 0 Å². The van der Waals surface area contributed by atoms with Crippen LogP contribution < -0.4 is 4.90 Å². The van der Waals surface area contributed by atoms with Gasteiger partial charge in [-0.25, -0.2) is 19.9 Å². The highest BCUT2D eigenvalue weighted by Gasteiger charge is 2.36. The SMILES string of the molecule is Cc1nc(CN(C)c2nc(C(F)(F)F)nc3nc[nH]c23)cs1. The van der Waals surface area contributed by atoms with Gasteiger partial charge >= 0.3 is 6.18 Å². The van der Waals surface area contributed by atoms with Crippen molar-refractivity contribution in [3.8, 4) is 0 Å². The molecule has 3 heterocycles. The first kappa shape index (κ1) is 14.7. The van der Waals surface area contributed by atoms with E-state index in [1.54, 1.807) is 11.9 Å². The van der Waals surface area contributed by atoms with Crippen LogP contribution in [0.4, 0.5) is 19.0 Å². The number of halogens is 3. The number of aryl methyl sites for hydroxylation is 1. The lowest BCUT2D eigenvalue weighted by Crippen LogP contribution is -2.21. The van der Waals surface area contributed by atoms with Gasteiger partial charge in [-0.05, 0) is 6.92 Å². The predicted molar refractivity (Wildman–Crippen MR) is 75.6 cm³/mol. The van der Waals surface area contributed by atoms with Crippen molar-refractivity contribution < 1.29 is 13.2 Å². The third-order valence-corrected chi connectivity index (χ3v) is 3.77. The number of aromatic nitrogens is 5. The van der Waals surface area contributed by atoms with E-state index in [0.29, 0.717) is 12.1 Å². The van der Waals surface area contributed by atoms with E-state index in [-0.39, 0.29) is 11.5 Å². The molecule has 116 valence electrons. The van der Waals surface area contributed by atoms with Gasteiger partial charge in [-0.2, -0.15) is 13.2 Å². The highest BCUT2D eigenvalue weighted by Crippen LogP contribution is 2.30. The number of anilines is 1. The van der Waals surface area contributed by atoms with Crippen LogP contribution in [0.1, 0.15) is 16.5 Å². The van der Waals surface area contributed by atoms with E-state index in [0.717, 1.165) is 10.7 Å². The third-order valence-electron chi connectivity index (χ3n) is 2.95. The third kappa shape index (κ3) is 2.73. The summed E-state index contributed by atoms with van der Waals surface area (Å²) in [5, 5.41) is 2.76. The van der Waals surface area contributed by atoms with E-state index in [1.807, 2.05) is 12.3 Å². The highest BCUT2D eigenvalue weighted by atomic mass is 32.1. The number of rotatable bonds is 3. The Balaban J connectivity index is 2.02. The number of thiazole rings is 1. The monoisotopic (exact) mass is 328 g/mol. The molecule has 0 bridgehead atoms. The molecule has 0 atom stereocenters. The smallest absolute Gasteiger partial charge is 0.352 e. The van der Waals surface area contributed by atoms with Gasteiger partial charge in [0.2, 0.25) is 5.82 Å². The molecule has 0 saturated carbocycles. The van der Waals surface area contributed by atoms with Crippen LogP contribution in [0.5, 0.6) is 0 Å². The first-order chi connectivity index (χ1) is 10.3. The summed E-state index contributed by atoms with van der Waals surface area (Å²) in [6.45, 7) is 2.21. The second-order valence-electron chi connectivity index (χ2n) is 4.68. The van der Waals surface area contributed by atoms with E-state index < -0.39 is 12.0 Å². The standard InChI is InChI=1S/C12H11F3N6S/c1-6-18-7(4-22-6)3-21(2)10-8-9(17-5-16-8)19-11(20-10)12(13,14)15/h4-5H,3H2,1-2H3,(H,16,17,19,20). The lowest BCUT2D eigenvalue weighted by atomic mass is 10.4. The average molecular weight is 328 g/mol. The number of hydrogen-bond donors (Lipinski definition) is 1. The Morgan fingerprint density at radius 1 is 1.27 bits per heavy atom. The number of H-pyrrole nitrogens is 1. The van der Waals surface area contributed by atoms with E-state index in [9.17, 15) is 13.2 Å². The van der Waals surface area contributed by atoms with E-state index in [2.05, 4.69) is 24.9 Å². The molecule has 0 spiro atoms. The Labute approximate surface area is 127 Å². The van der Waals surface area contributed by atoms with Crippen LogP contribution >= 0.6 is 11.3 Å². The number of fused-ring (bicyclic) bond motifs is 1. The first-order valence-corrected chi connectivity index (χ1v) is 7.13. The van der Waals surface area contributed by atoms with Crippen molar-refractivity contribution in [3.05, 3.63) is 28.2 Å². The summed E-state index contributed by atoms with van der Waals surface area (Å²) in [6, 6.07) is 0. The molecule has 0 unspecified atom stereocenters. The predicted octanol–water partition coefficient (Wildman–Crippen LogP) is 2.77. The van der Waals surface area contributed by atoms with Crippen LogP contribution in [-0.4, -0.2) is 32.0 Å². The molecular weight excluding hydrogens is 317 g/mol. The second-order valence-corrected chi connectivity index (χ2v) is 5.75. The maximum absolute atomic E-state index is 12.9. The van der Waals surface area contributed by atoms with Crippen LogP contribution in [0, 0.1) is 6.92 Å². The molecule has 0 saturated heterocycles. The largest absolute Gasteiger partial charge is 0.451 e. The summed E-state index contributed by atoms with van der Waals surface area (Å²) in [5.41, 5.74) is 1.12. The van der Waals surface area contributed by atoms with Crippen molar-refractivity contribution in [3.63, 3.8) is 0 Å². The fraction of sp³-hybridized carbons (Fsp3) is 0.333. The molecule has 3 aromatic heterocycles. The zero-order valence-corrected chi connectivity index (χ0v) is 12.5. The van der Waals surface area contributed by atoms with Gasteiger partial charge in [0.15, 0.2) is 11.5 Å². The van der Waals surface area contributed by atoms with Crippen LogP contribution in [0.15, 0.2) is 11.7 Å². The van der Waals surface area contributed by atoms with Gasteiger partial charge in [-0.1, -0.05) is 0 Å². The molecule has 0 aromatic carbocycles. The molecule has 3 rings (SSSR count). The summed E-state index contributed by atoms with van der Waals surface area (Å²) < 4.78 is 38.7. The average Bonchev–Trinajstić information content (AvgIpc) is 3.05. The summed E-state index contributed by atoms with van der Waals surface area (Å²) >= 11 is 1.48. The number of imidazole rings is 1. The molecule has 0 aliphatic heterocycles. The fourth-order valence-electron chi connectivity index (χ4n) is 2.02. The number of nitrogens with zero attached hydrogens (tertiary/aromatic N) is 5. The van der Waals surface area contributed by atoms with E-state index >= 15 is 0 Å². The molecule has 0 aliphatic carbocycles. The summed E-state index contributed by atoms with van der Waals surface area (Å²) in [4.78, 5) is 19.5. The molecule has 0 radical (unpaired) electrons. The maximum atomic E-state index is 12.9. The molecule has 0 amide bonds. The van der Waals surface area contributed by atoms with Gasteiger partial charge in [-0.3, -0.25) is 0 Å². The van der Waals surface area contributed by atoms with Crippen LogP contribution in [-0.2, 0) is 12.7 Å². The maximum Gasteiger partial charge on any atom is 0.451 e. The minimum absolute atomic E-state index is 0.0152. The number of alkyl halides is 3. The lowest BCUT2D eigenvalue weighted by molar-refractivity contribution is -0.144. The first-order valence-electron chi connectivity index (χ1n) is 6.25. The summed E-state index contributed by atoms with van der Waals surface area (Å²) in [5.74, 6) is -1.07. The lowest BCUT2D eigenvalue weighted by Gasteiger charge is -2.18. The van der Waals surface area contributed by atoms with E-state index in [1.165, 1.54) is 17.7 Å². The molecule has 1 N–H and O–H groups in total. The van der Waals surface area contributed by atoms with Crippen molar-refractivity contribution in [1.82, 2.24) is 24.9 Å². The molecule has 3 aromatic rings. The molecule has 6 nitrogen and oxygen atoms in total. The molecule has 10 heteroatoms. The highest BCUT2D eigenvalue weighted by molar-refractivity contribution is 7.09.